The van der Waals surface area contributed by atoms with E-state index >= 15 is 0 Å². The van der Waals surface area contributed by atoms with E-state index in [1.165, 1.54) is 0 Å². The summed E-state index contributed by atoms with van der Waals surface area (Å²) in [4.78, 5) is 34.1. The van der Waals surface area contributed by atoms with Crippen molar-refractivity contribution in [3.63, 3.8) is 0 Å². The lowest BCUT2D eigenvalue weighted by Crippen LogP contribution is -2.47. The minimum absolute atomic E-state index is 0.318. The maximum absolute atomic E-state index is 11.8. The van der Waals surface area contributed by atoms with Crippen LogP contribution in [0.1, 0.15) is 12.8 Å². The Morgan fingerprint density at radius 3 is 2.42 bits per heavy atom. The lowest BCUT2D eigenvalue weighted by molar-refractivity contribution is -0.137. The zero-order valence-corrected chi connectivity index (χ0v) is 10.6. The van der Waals surface area contributed by atoms with E-state index in [0.717, 1.165) is 17.7 Å². The number of nitrogens with two attached hydrogens (primary N) is 1. The summed E-state index contributed by atoms with van der Waals surface area (Å²) in [7, 11) is 0. The van der Waals surface area contributed by atoms with Crippen LogP contribution in [0.2, 0.25) is 0 Å². The van der Waals surface area contributed by atoms with Crippen molar-refractivity contribution in [3.8, 4) is 0 Å². The first-order valence-corrected chi connectivity index (χ1v) is 6.09. The molecular formula is C11H19N3O5. The molecule has 1 saturated heterocycles. The summed E-state index contributed by atoms with van der Waals surface area (Å²) in [5.74, 6) is -1.62. The van der Waals surface area contributed by atoms with Crippen molar-refractivity contribution in [2.24, 2.45) is 11.7 Å². The second-order valence-corrected chi connectivity index (χ2v) is 4.46. The summed E-state index contributed by atoms with van der Waals surface area (Å²) < 4.78 is 5.20. The number of carboxylic acid groups (broad SMARTS) is 1. The molecule has 8 nitrogen and oxygen atoms in total. The molecule has 108 valence electrons. The highest BCUT2D eigenvalue weighted by Gasteiger charge is 2.20. The molecule has 0 aromatic rings. The van der Waals surface area contributed by atoms with Gasteiger partial charge in [0, 0.05) is 19.8 Å². The van der Waals surface area contributed by atoms with Crippen LogP contribution in [0.25, 0.3) is 0 Å². The van der Waals surface area contributed by atoms with Crippen molar-refractivity contribution in [2.45, 2.75) is 12.8 Å². The molecular weight excluding hydrogens is 254 g/mol. The number of ether oxygens (including phenoxy) is 1. The van der Waals surface area contributed by atoms with Gasteiger partial charge in [-0.3, -0.25) is 9.59 Å². The van der Waals surface area contributed by atoms with E-state index in [1.807, 2.05) is 0 Å². The Bertz CT molecular complexity index is 325. The zero-order valence-electron chi connectivity index (χ0n) is 10.6. The van der Waals surface area contributed by atoms with E-state index in [2.05, 4.69) is 5.32 Å². The number of carboxylic acids is 1. The number of carbonyl (C=O) groups is 3. The maximum atomic E-state index is 11.8. The van der Waals surface area contributed by atoms with Gasteiger partial charge in [0.2, 0.25) is 5.91 Å². The van der Waals surface area contributed by atoms with E-state index in [0.29, 0.717) is 25.7 Å². The molecule has 0 unspecified atom stereocenters. The molecule has 0 saturated carbocycles. The molecule has 1 heterocycles. The molecule has 0 aromatic carbocycles. The Morgan fingerprint density at radius 1 is 1.26 bits per heavy atom. The third kappa shape index (κ3) is 6.05. The van der Waals surface area contributed by atoms with E-state index in [1.54, 1.807) is 0 Å². The van der Waals surface area contributed by atoms with E-state index in [-0.39, 0.29) is 0 Å². The summed E-state index contributed by atoms with van der Waals surface area (Å²) in [6.07, 6.45) is 1.71. The molecule has 0 aromatic heterocycles. The SMILES string of the molecule is NC(=O)CN(CC(=O)O)C(=O)NCC1CCOCC1. The standard InChI is InChI=1S/C11H19N3O5/c12-9(15)6-14(7-10(16)17)11(18)13-5-8-1-3-19-4-2-8/h8H,1-7H2,(H2,12,15)(H,13,18)(H,16,17). The highest BCUT2D eigenvalue weighted by atomic mass is 16.5. The average molecular weight is 273 g/mol. The molecule has 3 amide bonds. The van der Waals surface area contributed by atoms with Crippen molar-refractivity contribution in [2.75, 3.05) is 32.8 Å². The van der Waals surface area contributed by atoms with Crippen LogP contribution in [0.5, 0.6) is 0 Å². The average Bonchev–Trinajstić information content (AvgIpc) is 2.35. The Morgan fingerprint density at radius 2 is 1.89 bits per heavy atom. The highest BCUT2D eigenvalue weighted by Crippen LogP contribution is 2.13. The summed E-state index contributed by atoms with van der Waals surface area (Å²) >= 11 is 0. The van der Waals surface area contributed by atoms with Gasteiger partial charge in [-0.2, -0.15) is 0 Å². The summed E-state index contributed by atoms with van der Waals surface area (Å²) in [6.45, 7) is 0.812. The fourth-order valence-corrected chi connectivity index (χ4v) is 1.84. The Kier molecular flexibility index (Phi) is 6.07. The van der Waals surface area contributed by atoms with Crippen molar-refractivity contribution in [1.29, 1.82) is 0 Å². The van der Waals surface area contributed by atoms with Gasteiger partial charge < -0.3 is 25.8 Å². The summed E-state index contributed by atoms with van der Waals surface area (Å²) in [5.41, 5.74) is 4.98. The molecule has 1 aliphatic heterocycles. The van der Waals surface area contributed by atoms with Crippen LogP contribution >= 0.6 is 0 Å². The Hall–Kier alpha value is -1.83. The number of nitrogens with zero attached hydrogens (tertiary/aromatic N) is 1. The lowest BCUT2D eigenvalue weighted by atomic mass is 10.0. The van der Waals surface area contributed by atoms with Gasteiger partial charge in [-0.05, 0) is 18.8 Å². The van der Waals surface area contributed by atoms with Crippen molar-refractivity contribution in [3.05, 3.63) is 0 Å². The zero-order chi connectivity index (χ0) is 14.3. The second-order valence-electron chi connectivity index (χ2n) is 4.46. The van der Waals surface area contributed by atoms with Crippen LogP contribution in [-0.4, -0.2) is 60.8 Å². The van der Waals surface area contributed by atoms with Crippen LogP contribution in [0.15, 0.2) is 0 Å². The minimum Gasteiger partial charge on any atom is -0.480 e. The van der Waals surface area contributed by atoms with Crippen molar-refractivity contribution >= 4 is 17.9 Å². The number of aliphatic carboxylic acids is 1. The molecule has 0 bridgehead atoms. The third-order valence-electron chi connectivity index (χ3n) is 2.84. The van der Waals surface area contributed by atoms with Crippen LogP contribution in [0.3, 0.4) is 0 Å². The molecule has 0 radical (unpaired) electrons. The van der Waals surface area contributed by atoms with Gasteiger partial charge in [0.1, 0.15) is 13.1 Å². The smallest absolute Gasteiger partial charge is 0.323 e. The van der Waals surface area contributed by atoms with Gasteiger partial charge in [-0.15, -0.1) is 0 Å². The molecule has 1 fully saturated rings. The number of hydrogen-bond acceptors (Lipinski definition) is 4. The molecule has 1 aliphatic rings. The van der Waals surface area contributed by atoms with E-state index in [4.69, 9.17) is 15.6 Å². The van der Waals surface area contributed by atoms with Gasteiger partial charge in [-0.1, -0.05) is 0 Å². The fourth-order valence-electron chi connectivity index (χ4n) is 1.84. The first-order valence-electron chi connectivity index (χ1n) is 6.09. The predicted octanol–water partition coefficient (Wildman–Crippen LogP) is -1.01. The quantitative estimate of drug-likeness (QED) is 0.572. The molecule has 4 N–H and O–H groups in total. The Labute approximate surface area is 110 Å². The van der Waals surface area contributed by atoms with Crippen LogP contribution in [0, 0.1) is 5.92 Å². The molecule has 0 aliphatic carbocycles. The van der Waals surface area contributed by atoms with Gasteiger partial charge in [-0.25, -0.2) is 4.79 Å². The van der Waals surface area contributed by atoms with Crippen LogP contribution < -0.4 is 11.1 Å². The number of amides is 3. The molecule has 0 spiro atoms. The topological polar surface area (TPSA) is 122 Å². The molecule has 19 heavy (non-hydrogen) atoms. The van der Waals surface area contributed by atoms with Crippen LogP contribution in [-0.2, 0) is 14.3 Å². The number of primary amides is 1. The maximum Gasteiger partial charge on any atom is 0.323 e. The number of carbonyl (C=O) groups excluding carboxylic acids is 2. The third-order valence-corrected chi connectivity index (χ3v) is 2.84. The minimum atomic E-state index is -1.19. The summed E-state index contributed by atoms with van der Waals surface area (Å²) in [5, 5.41) is 11.3. The second kappa shape index (κ2) is 7.57. The van der Waals surface area contributed by atoms with Crippen molar-refractivity contribution < 1.29 is 24.2 Å². The molecule has 0 atom stereocenters. The number of nitrogens with one attached hydrogen (secondary N) is 1. The first kappa shape index (κ1) is 15.2. The van der Waals surface area contributed by atoms with Gasteiger partial charge >= 0.3 is 12.0 Å². The number of hydrogen-bond donors (Lipinski definition) is 3. The number of rotatable bonds is 6. The fraction of sp³-hybridized carbons (Fsp3) is 0.727. The van der Waals surface area contributed by atoms with Gasteiger partial charge in [0.25, 0.3) is 0 Å². The largest absolute Gasteiger partial charge is 0.480 e. The van der Waals surface area contributed by atoms with Gasteiger partial charge in [0.15, 0.2) is 0 Å². The number of urea groups is 1. The first-order chi connectivity index (χ1) is 8.99. The van der Waals surface area contributed by atoms with E-state index < -0.39 is 31.0 Å². The van der Waals surface area contributed by atoms with Crippen LogP contribution in [0.4, 0.5) is 4.79 Å². The summed E-state index contributed by atoms with van der Waals surface area (Å²) in [6, 6.07) is -0.590. The molecule has 8 heteroatoms. The molecule has 1 rings (SSSR count). The van der Waals surface area contributed by atoms with Crippen molar-refractivity contribution in [1.82, 2.24) is 10.2 Å². The van der Waals surface area contributed by atoms with Gasteiger partial charge in [0.05, 0.1) is 0 Å². The lowest BCUT2D eigenvalue weighted by Gasteiger charge is -2.24. The van der Waals surface area contributed by atoms with E-state index in [9.17, 15) is 14.4 Å². The monoisotopic (exact) mass is 273 g/mol. The Balaban J connectivity index is 2.41. The highest BCUT2D eigenvalue weighted by molar-refractivity contribution is 5.85. The predicted molar refractivity (Wildman–Crippen MR) is 65.3 cm³/mol. The normalized spacial score (nSPS) is 15.8.